The minimum Gasteiger partial charge on any atom is -0.494 e. The third-order valence-corrected chi connectivity index (χ3v) is 10.9. The molecule has 4 aromatic carbocycles. The first-order valence-electron chi connectivity index (χ1n) is 21.0. The summed E-state index contributed by atoms with van der Waals surface area (Å²) in [6.45, 7) is 12.9. The monoisotopic (exact) mass is 806 g/mol. The van der Waals surface area contributed by atoms with Crippen molar-refractivity contribution in [3.8, 4) is 11.5 Å². The second-order valence-corrected chi connectivity index (χ2v) is 15.2. The zero-order valence-electron chi connectivity index (χ0n) is 34.5. The number of hydrogen-bond donors (Lipinski definition) is 0. The van der Waals surface area contributed by atoms with E-state index in [0.717, 1.165) is 90.8 Å². The van der Waals surface area contributed by atoms with Crippen molar-refractivity contribution in [2.24, 2.45) is 11.8 Å². The number of esters is 4. The van der Waals surface area contributed by atoms with Crippen LogP contribution in [0, 0.1) is 11.8 Å². The molecule has 1 aliphatic carbocycles. The molecule has 4 aromatic rings. The second-order valence-electron chi connectivity index (χ2n) is 15.2. The lowest BCUT2D eigenvalue weighted by Crippen LogP contribution is -2.41. The Bertz CT molecular complexity index is 2050. The van der Waals surface area contributed by atoms with Crippen LogP contribution < -0.4 is 9.47 Å². The third-order valence-electron chi connectivity index (χ3n) is 10.9. The highest BCUT2D eigenvalue weighted by Crippen LogP contribution is 2.36. The van der Waals surface area contributed by atoms with Gasteiger partial charge in [0, 0.05) is 12.2 Å². The van der Waals surface area contributed by atoms with Crippen LogP contribution in [-0.2, 0) is 28.5 Å². The van der Waals surface area contributed by atoms with Crippen molar-refractivity contribution >= 4 is 45.4 Å². The van der Waals surface area contributed by atoms with Gasteiger partial charge in [-0.1, -0.05) is 51.3 Å². The first-order valence-corrected chi connectivity index (χ1v) is 21.0. The molecule has 314 valence electrons. The van der Waals surface area contributed by atoms with Gasteiger partial charge in [-0.05, 0) is 153 Å². The molecule has 4 atom stereocenters. The van der Waals surface area contributed by atoms with Crippen LogP contribution in [-0.4, -0.2) is 62.5 Å². The van der Waals surface area contributed by atoms with Gasteiger partial charge in [-0.2, -0.15) is 0 Å². The molecule has 0 aliphatic heterocycles. The average Bonchev–Trinajstić information content (AvgIpc) is 3.25. The summed E-state index contributed by atoms with van der Waals surface area (Å²) in [7, 11) is 0. The molecule has 1 aliphatic rings. The van der Waals surface area contributed by atoms with Gasteiger partial charge in [0.15, 0.2) is 0 Å². The van der Waals surface area contributed by atoms with Crippen LogP contribution in [0.15, 0.2) is 98.1 Å². The molecule has 59 heavy (non-hydrogen) atoms. The Kier molecular flexibility index (Phi) is 17.4. The fourth-order valence-corrected chi connectivity index (χ4v) is 7.38. The maximum Gasteiger partial charge on any atom is 0.338 e. The molecule has 0 N–H and O–H groups in total. The minimum atomic E-state index is -0.391. The minimum absolute atomic E-state index is 0.00607. The highest BCUT2D eigenvalue weighted by Gasteiger charge is 2.38. The van der Waals surface area contributed by atoms with Crippen molar-refractivity contribution in [2.75, 3.05) is 26.4 Å². The van der Waals surface area contributed by atoms with Crippen LogP contribution in [0.5, 0.6) is 11.5 Å². The molecule has 0 saturated heterocycles. The van der Waals surface area contributed by atoms with Crippen molar-refractivity contribution in [1.82, 2.24) is 0 Å². The highest BCUT2D eigenvalue weighted by molar-refractivity contribution is 5.97. The first-order chi connectivity index (χ1) is 28.7. The molecule has 0 radical (unpaired) electrons. The van der Waals surface area contributed by atoms with Crippen LogP contribution in [0.25, 0.3) is 21.5 Å². The molecule has 5 rings (SSSR count). The standard InChI is InChI=1S/C49H58O10/c1-5-35-33-44(58-48(52)40-18-16-38-31-42(22-20-36(38)29-40)54-24-12-8-10-14-26-56-46(50)6-2)34(4)28-45(35)59-49(53)41-19-17-39-32-43(23-21-37(39)30-41)55-25-13-9-11-15-27-57-47(51)7-3/h6-7,16-23,29-32,34-35,44-45H,2-3,5,8-15,24-28,33H2,1,4H3/t34-,35+,44-,45+/m0/s1. The number of ether oxygens (including phenoxy) is 6. The Balaban J connectivity index is 1.05. The predicted molar refractivity (Wildman–Crippen MR) is 229 cm³/mol. The largest absolute Gasteiger partial charge is 0.494 e. The molecule has 10 nitrogen and oxygen atoms in total. The number of benzene rings is 4. The van der Waals surface area contributed by atoms with Crippen LogP contribution in [0.1, 0.15) is 105 Å². The maximum absolute atomic E-state index is 13.4. The van der Waals surface area contributed by atoms with E-state index in [1.54, 1.807) is 12.1 Å². The summed E-state index contributed by atoms with van der Waals surface area (Å²) in [6, 6.07) is 22.8. The fraction of sp³-hybridized carbons (Fsp3) is 0.429. The van der Waals surface area contributed by atoms with E-state index in [-0.39, 0.29) is 36.0 Å². The zero-order valence-corrected chi connectivity index (χ0v) is 34.5. The molecule has 1 fully saturated rings. The van der Waals surface area contributed by atoms with Crippen LogP contribution >= 0.6 is 0 Å². The number of hydrogen-bond acceptors (Lipinski definition) is 10. The number of carbonyl (C=O) groups is 4. The van der Waals surface area contributed by atoms with Gasteiger partial charge in [-0.15, -0.1) is 0 Å². The van der Waals surface area contributed by atoms with Crippen LogP contribution in [0.3, 0.4) is 0 Å². The quantitative estimate of drug-likeness (QED) is 0.0310. The molecule has 1 saturated carbocycles. The number of fused-ring (bicyclic) bond motifs is 2. The average molecular weight is 807 g/mol. The molecule has 0 amide bonds. The molecule has 0 unspecified atom stereocenters. The summed E-state index contributed by atoms with van der Waals surface area (Å²) in [5, 5.41) is 3.78. The molecule has 0 spiro atoms. The van der Waals surface area contributed by atoms with E-state index in [4.69, 9.17) is 28.4 Å². The molecule has 10 heteroatoms. The van der Waals surface area contributed by atoms with Gasteiger partial charge in [0.1, 0.15) is 23.7 Å². The summed E-state index contributed by atoms with van der Waals surface area (Å²) in [6.07, 6.45) is 11.0. The fourth-order valence-electron chi connectivity index (χ4n) is 7.38. The van der Waals surface area contributed by atoms with E-state index >= 15 is 0 Å². The normalized spacial score (nSPS) is 17.5. The van der Waals surface area contributed by atoms with Crippen LogP contribution in [0.2, 0.25) is 0 Å². The SMILES string of the molecule is C=CC(=O)OCCCCCCOc1ccc2cc(C(=O)O[C@H]3C[C@@H](CC)[C@H](OC(=O)c4ccc5cc(OCCCCCCOC(=O)C=C)ccc5c4)C[C@@H]3C)ccc2c1. The Morgan fingerprint density at radius 1 is 0.559 bits per heavy atom. The lowest BCUT2D eigenvalue weighted by atomic mass is 9.77. The van der Waals surface area contributed by atoms with Gasteiger partial charge in [-0.25, -0.2) is 19.2 Å². The molecule has 0 bridgehead atoms. The Labute approximate surface area is 347 Å². The summed E-state index contributed by atoms with van der Waals surface area (Å²) >= 11 is 0. The molecular formula is C49H58O10. The molecule has 0 aromatic heterocycles. The summed E-state index contributed by atoms with van der Waals surface area (Å²) in [5.41, 5.74) is 0.986. The van der Waals surface area contributed by atoms with Crippen molar-refractivity contribution in [3.05, 3.63) is 109 Å². The van der Waals surface area contributed by atoms with Gasteiger partial charge in [0.25, 0.3) is 0 Å². The van der Waals surface area contributed by atoms with E-state index in [0.29, 0.717) is 50.4 Å². The zero-order chi connectivity index (χ0) is 42.0. The van der Waals surface area contributed by atoms with Gasteiger partial charge >= 0.3 is 23.9 Å². The third kappa shape index (κ3) is 13.7. The van der Waals surface area contributed by atoms with Crippen molar-refractivity contribution < 1.29 is 47.6 Å². The van der Waals surface area contributed by atoms with Gasteiger partial charge in [0.05, 0.1) is 37.6 Å². The smallest absolute Gasteiger partial charge is 0.338 e. The summed E-state index contributed by atoms with van der Waals surface area (Å²) in [5.74, 6) is 0.102. The topological polar surface area (TPSA) is 124 Å². The lowest BCUT2D eigenvalue weighted by molar-refractivity contribution is -0.138. The maximum atomic E-state index is 13.4. The van der Waals surface area contributed by atoms with Crippen molar-refractivity contribution in [2.45, 2.75) is 96.7 Å². The van der Waals surface area contributed by atoms with Gasteiger partial charge < -0.3 is 28.4 Å². The van der Waals surface area contributed by atoms with Crippen molar-refractivity contribution in [1.29, 1.82) is 0 Å². The van der Waals surface area contributed by atoms with Gasteiger partial charge in [0.2, 0.25) is 0 Å². The van der Waals surface area contributed by atoms with E-state index in [2.05, 4.69) is 20.1 Å². The van der Waals surface area contributed by atoms with E-state index in [1.807, 2.05) is 67.6 Å². The Morgan fingerprint density at radius 2 is 0.983 bits per heavy atom. The second kappa shape index (κ2) is 23.1. The Morgan fingerprint density at radius 3 is 1.44 bits per heavy atom. The predicted octanol–water partition coefficient (Wildman–Crippen LogP) is 10.5. The first kappa shape index (κ1) is 44.5. The van der Waals surface area contributed by atoms with Crippen molar-refractivity contribution in [3.63, 3.8) is 0 Å². The van der Waals surface area contributed by atoms with E-state index < -0.39 is 11.9 Å². The lowest BCUT2D eigenvalue weighted by Gasteiger charge is -2.38. The highest BCUT2D eigenvalue weighted by atomic mass is 16.6. The number of rotatable bonds is 23. The molecular weight excluding hydrogens is 749 g/mol. The molecule has 0 heterocycles. The Hall–Kier alpha value is -5.64. The number of carbonyl (C=O) groups excluding carboxylic acids is 4. The number of unbranched alkanes of at least 4 members (excludes halogenated alkanes) is 6. The van der Waals surface area contributed by atoms with Gasteiger partial charge in [-0.3, -0.25) is 0 Å². The van der Waals surface area contributed by atoms with E-state index in [1.165, 1.54) is 12.2 Å². The summed E-state index contributed by atoms with van der Waals surface area (Å²) < 4.78 is 34.2. The summed E-state index contributed by atoms with van der Waals surface area (Å²) in [4.78, 5) is 49.1. The van der Waals surface area contributed by atoms with E-state index in [9.17, 15) is 19.2 Å². The van der Waals surface area contributed by atoms with Crippen LogP contribution in [0.4, 0.5) is 0 Å².